The van der Waals surface area contributed by atoms with Gasteiger partial charge >= 0.3 is 5.97 Å². The van der Waals surface area contributed by atoms with Gasteiger partial charge in [0.05, 0.1) is 9.50 Å². The van der Waals surface area contributed by atoms with Crippen LogP contribution in [0.25, 0.3) is 0 Å². The third-order valence-corrected chi connectivity index (χ3v) is 3.21. The van der Waals surface area contributed by atoms with Crippen LogP contribution in [-0.2, 0) is 0 Å². The first kappa shape index (κ1) is 10.8. The highest BCUT2D eigenvalue weighted by Gasteiger charge is 2.19. The minimum Gasteiger partial charge on any atom is -0.506 e. The van der Waals surface area contributed by atoms with Crippen LogP contribution in [0.4, 0.5) is 0 Å². The van der Waals surface area contributed by atoms with Gasteiger partial charge in [-0.15, -0.1) is 0 Å². The first-order chi connectivity index (χ1) is 5.95. The molecule has 0 fully saturated rings. The highest BCUT2D eigenvalue weighted by atomic mass is 79.9. The molecule has 0 unspecified atom stereocenters. The molecule has 3 nitrogen and oxygen atoms in total. The van der Waals surface area contributed by atoms with Crippen molar-refractivity contribution in [2.75, 3.05) is 0 Å². The summed E-state index contributed by atoms with van der Waals surface area (Å²) in [5, 5.41) is 18.0. The average Bonchev–Trinajstić information content (AvgIpc) is 2.01. The van der Waals surface area contributed by atoms with Gasteiger partial charge in [0.2, 0.25) is 0 Å². The maximum absolute atomic E-state index is 10.7. The topological polar surface area (TPSA) is 57.5 Å². The fourth-order valence-corrected chi connectivity index (χ4v) is 2.17. The smallest absolute Gasteiger partial charge is 0.341 e. The molecule has 6 heteroatoms. The van der Waals surface area contributed by atoms with Crippen LogP contribution in [0.1, 0.15) is 10.4 Å². The highest BCUT2D eigenvalue weighted by Crippen LogP contribution is 2.38. The molecule has 1 aromatic carbocycles. The number of rotatable bonds is 1. The van der Waals surface area contributed by atoms with Crippen molar-refractivity contribution in [1.82, 2.24) is 0 Å². The summed E-state index contributed by atoms with van der Waals surface area (Å²) in [4.78, 5) is 10.7. The molecule has 0 saturated carbocycles. The van der Waals surface area contributed by atoms with Crippen LogP contribution in [0, 0.1) is 0 Å². The number of carboxylic acid groups (broad SMARTS) is 1. The molecule has 0 heterocycles. The second kappa shape index (κ2) is 3.86. The largest absolute Gasteiger partial charge is 0.506 e. The Morgan fingerprint density at radius 1 is 1.38 bits per heavy atom. The molecular formula is C7H3Br2ClO3. The zero-order chi connectivity index (χ0) is 10.2. The first-order valence-corrected chi connectivity index (χ1v) is 5.01. The monoisotopic (exact) mass is 328 g/mol. The van der Waals surface area contributed by atoms with E-state index in [1.54, 1.807) is 0 Å². The van der Waals surface area contributed by atoms with Gasteiger partial charge in [-0.2, -0.15) is 0 Å². The fraction of sp³-hybridized carbons (Fsp3) is 0. The van der Waals surface area contributed by atoms with Crippen molar-refractivity contribution in [3.8, 4) is 5.75 Å². The normalized spacial score (nSPS) is 10.1. The van der Waals surface area contributed by atoms with Gasteiger partial charge in [0.25, 0.3) is 0 Å². The van der Waals surface area contributed by atoms with E-state index < -0.39 is 5.97 Å². The summed E-state index contributed by atoms with van der Waals surface area (Å²) >= 11 is 11.7. The minimum atomic E-state index is -1.27. The van der Waals surface area contributed by atoms with Crippen molar-refractivity contribution in [2.45, 2.75) is 0 Å². The quantitative estimate of drug-likeness (QED) is 0.777. The Balaban J connectivity index is 3.56. The molecule has 0 amide bonds. The van der Waals surface area contributed by atoms with Crippen molar-refractivity contribution in [3.63, 3.8) is 0 Å². The summed E-state index contributed by atoms with van der Waals surface area (Å²) in [6.45, 7) is 0. The molecule has 0 aliphatic rings. The zero-order valence-corrected chi connectivity index (χ0v) is 9.94. The molecular weight excluding hydrogens is 327 g/mol. The molecule has 0 bridgehead atoms. The molecule has 0 spiro atoms. The van der Waals surface area contributed by atoms with Crippen LogP contribution in [0.2, 0.25) is 5.02 Å². The number of carbonyl (C=O) groups is 1. The standard InChI is InChI=1S/C7H3Br2ClO3/c8-2-1-3(9)6(11)4(5(2)10)7(12)13/h1,11H,(H,12,13). The summed E-state index contributed by atoms with van der Waals surface area (Å²) in [6, 6.07) is 1.48. The number of benzene rings is 1. The Bertz CT molecular complexity index is 352. The lowest BCUT2D eigenvalue weighted by atomic mass is 10.2. The van der Waals surface area contributed by atoms with Crippen molar-refractivity contribution in [2.24, 2.45) is 0 Å². The summed E-state index contributed by atoms with van der Waals surface area (Å²) in [6.07, 6.45) is 0. The molecule has 0 aromatic heterocycles. The number of aromatic hydroxyl groups is 1. The predicted octanol–water partition coefficient (Wildman–Crippen LogP) is 3.27. The second-order valence-electron chi connectivity index (χ2n) is 2.18. The lowest BCUT2D eigenvalue weighted by Crippen LogP contribution is -1.99. The van der Waals surface area contributed by atoms with E-state index in [9.17, 15) is 9.90 Å². The zero-order valence-electron chi connectivity index (χ0n) is 6.01. The Hall–Kier alpha value is -0.260. The van der Waals surface area contributed by atoms with Gasteiger partial charge < -0.3 is 10.2 Å². The third kappa shape index (κ3) is 1.98. The first-order valence-electron chi connectivity index (χ1n) is 3.05. The molecule has 0 aliphatic carbocycles. The van der Waals surface area contributed by atoms with Gasteiger partial charge in [-0.3, -0.25) is 0 Å². The lowest BCUT2D eigenvalue weighted by molar-refractivity contribution is 0.0693. The van der Waals surface area contributed by atoms with Crippen molar-refractivity contribution >= 4 is 49.4 Å². The summed E-state index contributed by atoms with van der Waals surface area (Å²) in [5.74, 6) is -1.65. The van der Waals surface area contributed by atoms with Gasteiger partial charge in [-0.1, -0.05) is 11.6 Å². The second-order valence-corrected chi connectivity index (χ2v) is 4.27. The fourth-order valence-electron chi connectivity index (χ4n) is 0.781. The van der Waals surface area contributed by atoms with E-state index in [0.29, 0.717) is 4.47 Å². The van der Waals surface area contributed by atoms with Crippen LogP contribution in [0.5, 0.6) is 5.75 Å². The van der Waals surface area contributed by atoms with E-state index in [-0.39, 0.29) is 20.8 Å². The molecule has 13 heavy (non-hydrogen) atoms. The highest BCUT2D eigenvalue weighted by molar-refractivity contribution is 9.11. The molecule has 2 N–H and O–H groups in total. The number of phenols is 1. The third-order valence-electron chi connectivity index (χ3n) is 1.36. The lowest BCUT2D eigenvalue weighted by Gasteiger charge is -2.05. The van der Waals surface area contributed by atoms with E-state index >= 15 is 0 Å². The van der Waals surface area contributed by atoms with E-state index in [1.165, 1.54) is 6.07 Å². The van der Waals surface area contributed by atoms with Crippen LogP contribution in [0.3, 0.4) is 0 Å². The SMILES string of the molecule is O=C(O)c1c(O)c(Br)cc(Br)c1Cl. The average molecular weight is 330 g/mol. The maximum atomic E-state index is 10.7. The minimum absolute atomic E-state index is 0.0202. The number of halogens is 3. The van der Waals surface area contributed by atoms with Crippen molar-refractivity contribution < 1.29 is 15.0 Å². The van der Waals surface area contributed by atoms with Crippen LogP contribution in [-0.4, -0.2) is 16.2 Å². The molecule has 70 valence electrons. The number of hydrogen-bond acceptors (Lipinski definition) is 2. The van der Waals surface area contributed by atoms with Crippen LogP contribution < -0.4 is 0 Å². The molecule has 1 rings (SSSR count). The maximum Gasteiger partial charge on any atom is 0.341 e. The Morgan fingerprint density at radius 3 is 2.38 bits per heavy atom. The van der Waals surface area contributed by atoms with E-state index in [2.05, 4.69) is 31.9 Å². The van der Waals surface area contributed by atoms with Gasteiger partial charge in [0.15, 0.2) is 0 Å². The molecule has 0 saturated heterocycles. The number of aromatic carboxylic acids is 1. The summed E-state index contributed by atoms with van der Waals surface area (Å²) < 4.78 is 0.692. The molecule has 0 atom stereocenters. The van der Waals surface area contributed by atoms with E-state index in [1.807, 2.05) is 0 Å². The molecule has 0 aliphatic heterocycles. The molecule has 1 aromatic rings. The van der Waals surface area contributed by atoms with E-state index in [0.717, 1.165) is 0 Å². The van der Waals surface area contributed by atoms with Crippen LogP contribution in [0.15, 0.2) is 15.0 Å². The Morgan fingerprint density at radius 2 is 1.92 bits per heavy atom. The Labute approximate surface area is 95.6 Å². The van der Waals surface area contributed by atoms with Gasteiger partial charge in [0.1, 0.15) is 11.3 Å². The summed E-state index contributed by atoms with van der Waals surface area (Å²) in [5.41, 5.74) is -0.317. The predicted molar refractivity (Wildman–Crippen MR) is 55.5 cm³/mol. The van der Waals surface area contributed by atoms with Gasteiger partial charge in [-0.05, 0) is 37.9 Å². The summed E-state index contributed by atoms with van der Waals surface area (Å²) in [7, 11) is 0. The van der Waals surface area contributed by atoms with Crippen molar-refractivity contribution in [1.29, 1.82) is 0 Å². The molecule has 0 radical (unpaired) electrons. The van der Waals surface area contributed by atoms with Gasteiger partial charge in [-0.25, -0.2) is 4.79 Å². The number of carboxylic acids is 1. The number of hydrogen-bond donors (Lipinski definition) is 2. The van der Waals surface area contributed by atoms with E-state index in [4.69, 9.17) is 16.7 Å². The van der Waals surface area contributed by atoms with Crippen LogP contribution >= 0.6 is 43.5 Å². The van der Waals surface area contributed by atoms with Crippen molar-refractivity contribution in [3.05, 3.63) is 25.6 Å². The Kier molecular flexibility index (Phi) is 3.21. The van der Waals surface area contributed by atoms with Gasteiger partial charge in [0, 0.05) is 4.47 Å².